The van der Waals surface area contributed by atoms with Gasteiger partial charge in [-0.05, 0) is 13.3 Å². The van der Waals surface area contributed by atoms with E-state index < -0.39 is 0 Å². The molecule has 1 rings (SSSR count). The normalized spacial score (nSPS) is 10.4. The van der Waals surface area contributed by atoms with Crippen LogP contribution in [0.4, 0.5) is 0 Å². The molecule has 1 aromatic heterocycles. The summed E-state index contributed by atoms with van der Waals surface area (Å²) in [5.74, 6) is 0.649. The van der Waals surface area contributed by atoms with Crippen molar-refractivity contribution in [3.8, 4) is 0 Å². The van der Waals surface area contributed by atoms with Crippen LogP contribution in [-0.2, 0) is 20.9 Å². The fourth-order valence-electron chi connectivity index (χ4n) is 1.60. The van der Waals surface area contributed by atoms with E-state index >= 15 is 0 Å². The number of nitrogens with zero attached hydrogens (tertiary/aromatic N) is 3. The zero-order valence-corrected chi connectivity index (χ0v) is 13.1. The molecule has 9 heteroatoms. The maximum Gasteiger partial charge on any atom is 0.305 e. The first-order valence-corrected chi connectivity index (χ1v) is 7.63. The van der Waals surface area contributed by atoms with Crippen molar-refractivity contribution in [1.29, 1.82) is 0 Å². The number of hydrogen-bond acceptors (Lipinski definition) is 7. The molecule has 0 aliphatic rings. The van der Waals surface area contributed by atoms with Gasteiger partial charge in [0.25, 0.3) is 0 Å². The van der Waals surface area contributed by atoms with Gasteiger partial charge in [-0.3, -0.25) is 9.59 Å². The molecule has 8 nitrogen and oxygen atoms in total. The largest absolute Gasteiger partial charge is 0.469 e. The van der Waals surface area contributed by atoms with Gasteiger partial charge < -0.3 is 20.4 Å². The summed E-state index contributed by atoms with van der Waals surface area (Å²) in [4.78, 5) is 22.6. The number of amides is 1. The second-order valence-electron chi connectivity index (χ2n) is 4.29. The minimum atomic E-state index is -0.274. The van der Waals surface area contributed by atoms with Crippen LogP contribution in [0, 0.1) is 6.92 Å². The first kappa shape index (κ1) is 17.4. The van der Waals surface area contributed by atoms with Gasteiger partial charge in [0.15, 0.2) is 5.16 Å². The minimum absolute atomic E-state index is 0.107. The minimum Gasteiger partial charge on any atom is -0.469 e. The molecule has 3 N–H and O–H groups in total. The van der Waals surface area contributed by atoms with Gasteiger partial charge in [-0.2, -0.15) is 0 Å². The summed E-state index contributed by atoms with van der Waals surface area (Å²) in [6, 6.07) is 0. The molecule has 0 spiro atoms. The first-order valence-electron chi connectivity index (χ1n) is 6.64. The Balaban J connectivity index is 2.28. The lowest BCUT2D eigenvalue weighted by molar-refractivity contribution is -0.140. The van der Waals surface area contributed by atoms with Gasteiger partial charge in [-0.25, -0.2) is 0 Å². The van der Waals surface area contributed by atoms with Gasteiger partial charge in [0.2, 0.25) is 5.91 Å². The maximum absolute atomic E-state index is 11.7. The highest BCUT2D eigenvalue weighted by Gasteiger charge is 2.11. The number of thioether (sulfide) groups is 1. The van der Waals surface area contributed by atoms with Crippen LogP contribution in [0.25, 0.3) is 0 Å². The average molecular weight is 315 g/mol. The maximum atomic E-state index is 11.7. The van der Waals surface area contributed by atoms with Crippen LogP contribution in [0.5, 0.6) is 0 Å². The Bertz CT molecular complexity index is 477. The Hall–Kier alpha value is -1.61. The summed E-state index contributed by atoms with van der Waals surface area (Å²) in [5.41, 5.74) is 5.53. The van der Waals surface area contributed by atoms with Crippen LogP contribution >= 0.6 is 11.8 Å². The van der Waals surface area contributed by atoms with Crippen LogP contribution < -0.4 is 11.1 Å². The summed E-state index contributed by atoms with van der Waals surface area (Å²) in [7, 11) is 1.34. The van der Waals surface area contributed by atoms with Gasteiger partial charge in [0.05, 0.1) is 12.9 Å². The lowest BCUT2D eigenvalue weighted by Crippen LogP contribution is -2.26. The molecule has 118 valence electrons. The summed E-state index contributed by atoms with van der Waals surface area (Å²) in [5, 5.41) is 11.4. The molecule has 0 bridgehead atoms. The average Bonchev–Trinajstić information content (AvgIpc) is 2.82. The molecule has 0 saturated heterocycles. The van der Waals surface area contributed by atoms with Crippen molar-refractivity contribution in [3.63, 3.8) is 0 Å². The Labute approximate surface area is 127 Å². The van der Waals surface area contributed by atoms with Gasteiger partial charge in [-0.1, -0.05) is 11.8 Å². The quantitative estimate of drug-likeness (QED) is 0.366. The monoisotopic (exact) mass is 315 g/mol. The number of carbonyl (C=O) groups excluding carboxylic acids is 2. The standard InChI is InChI=1S/C12H21N5O3S/c1-9-15-16-12(17(9)7-5-13)21-8-10(18)14-6-3-4-11(19)20-2/h3-8,13H2,1-2H3,(H,14,18). The highest BCUT2D eigenvalue weighted by Crippen LogP contribution is 2.16. The predicted octanol–water partition coefficient (Wildman–Crippen LogP) is -0.293. The number of carbonyl (C=O) groups is 2. The van der Waals surface area contributed by atoms with E-state index in [1.807, 2.05) is 11.5 Å². The number of ether oxygens (including phenoxy) is 1. The van der Waals surface area contributed by atoms with E-state index in [9.17, 15) is 9.59 Å². The third-order valence-corrected chi connectivity index (χ3v) is 3.66. The molecule has 0 saturated carbocycles. The lowest BCUT2D eigenvalue weighted by Gasteiger charge is -2.07. The first-order chi connectivity index (χ1) is 10.1. The smallest absolute Gasteiger partial charge is 0.305 e. The molecule has 1 aromatic rings. The van der Waals surface area contributed by atoms with Crippen molar-refractivity contribution in [1.82, 2.24) is 20.1 Å². The lowest BCUT2D eigenvalue weighted by atomic mass is 10.3. The molecule has 21 heavy (non-hydrogen) atoms. The van der Waals surface area contributed by atoms with E-state index in [0.717, 1.165) is 5.82 Å². The van der Waals surface area contributed by atoms with E-state index in [1.54, 1.807) is 0 Å². The molecule has 0 atom stereocenters. The summed E-state index contributed by atoms with van der Waals surface area (Å²) in [6.07, 6.45) is 0.861. The third-order valence-electron chi connectivity index (χ3n) is 2.69. The van der Waals surface area contributed by atoms with E-state index in [2.05, 4.69) is 20.3 Å². The van der Waals surface area contributed by atoms with Gasteiger partial charge in [0.1, 0.15) is 5.82 Å². The number of nitrogens with two attached hydrogens (primary N) is 1. The van der Waals surface area contributed by atoms with Crippen molar-refractivity contribution >= 4 is 23.6 Å². The predicted molar refractivity (Wildman–Crippen MR) is 78.8 cm³/mol. The van der Waals surface area contributed by atoms with Crippen molar-refractivity contribution in [2.45, 2.75) is 31.5 Å². The molecular weight excluding hydrogens is 294 g/mol. The summed E-state index contributed by atoms with van der Waals surface area (Å²) < 4.78 is 6.40. The van der Waals surface area contributed by atoms with Crippen LogP contribution in [0.2, 0.25) is 0 Å². The van der Waals surface area contributed by atoms with Crippen molar-refractivity contribution in [2.24, 2.45) is 5.73 Å². The van der Waals surface area contributed by atoms with E-state index in [1.165, 1.54) is 18.9 Å². The van der Waals surface area contributed by atoms with E-state index in [0.29, 0.717) is 37.6 Å². The molecule has 0 unspecified atom stereocenters. The second kappa shape index (κ2) is 9.35. The van der Waals surface area contributed by atoms with Crippen LogP contribution in [0.3, 0.4) is 0 Å². The Morgan fingerprint density at radius 2 is 2.19 bits per heavy atom. The molecule has 0 aliphatic carbocycles. The number of esters is 1. The highest BCUT2D eigenvalue weighted by atomic mass is 32.2. The molecule has 0 radical (unpaired) electrons. The van der Waals surface area contributed by atoms with Crippen LogP contribution in [0.15, 0.2) is 5.16 Å². The van der Waals surface area contributed by atoms with E-state index in [-0.39, 0.29) is 17.6 Å². The SMILES string of the molecule is COC(=O)CCCNC(=O)CSc1nnc(C)n1CCN. The summed E-state index contributed by atoms with van der Waals surface area (Å²) in [6.45, 7) is 3.41. The van der Waals surface area contributed by atoms with Crippen molar-refractivity contribution in [3.05, 3.63) is 5.82 Å². The number of nitrogens with one attached hydrogen (secondary N) is 1. The molecule has 1 amide bonds. The Morgan fingerprint density at radius 1 is 1.43 bits per heavy atom. The zero-order valence-electron chi connectivity index (χ0n) is 12.3. The van der Waals surface area contributed by atoms with Gasteiger partial charge in [0, 0.05) is 26.1 Å². The topological polar surface area (TPSA) is 112 Å². The molecule has 0 aliphatic heterocycles. The Morgan fingerprint density at radius 3 is 2.86 bits per heavy atom. The number of aryl methyl sites for hydroxylation is 1. The Kier molecular flexibility index (Phi) is 7.76. The number of rotatable bonds is 9. The molecular formula is C12H21N5O3S. The zero-order chi connectivity index (χ0) is 15.7. The molecule has 1 heterocycles. The van der Waals surface area contributed by atoms with Gasteiger partial charge in [-0.15, -0.1) is 10.2 Å². The van der Waals surface area contributed by atoms with Crippen molar-refractivity contribution < 1.29 is 14.3 Å². The third kappa shape index (κ3) is 6.13. The molecule has 0 aromatic carbocycles. The fourth-order valence-corrected chi connectivity index (χ4v) is 2.44. The number of aromatic nitrogens is 3. The number of methoxy groups -OCH3 is 1. The van der Waals surface area contributed by atoms with E-state index in [4.69, 9.17) is 5.73 Å². The highest BCUT2D eigenvalue weighted by molar-refractivity contribution is 7.99. The van der Waals surface area contributed by atoms with Crippen molar-refractivity contribution in [2.75, 3.05) is 26.0 Å². The second-order valence-corrected chi connectivity index (χ2v) is 5.23. The number of hydrogen-bond donors (Lipinski definition) is 2. The van der Waals surface area contributed by atoms with Gasteiger partial charge >= 0.3 is 5.97 Å². The molecule has 0 fully saturated rings. The summed E-state index contributed by atoms with van der Waals surface area (Å²) >= 11 is 1.31. The van der Waals surface area contributed by atoms with Crippen LogP contribution in [-0.4, -0.2) is 52.6 Å². The van der Waals surface area contributed by atoms with Crippen LogP contribution in [0.1, 0.15) is 18.7 Å². The fraction of sp³-hybridized carbons (Fsp3) is 0.667.